The van der Waals surface area contributed by atoms with Crippen LogP contribution < -0.4 is 5.32 Å². The third kappa shape index (κ3) is 2.96. The molecule has 92 valence electrons. The van der Waals surface area contributed by atoms with Crippen LogP contribution in [0.25, 0.3) is 0 Å². The van der Waals surface area contributed by atoms with E-state index in [1.807, 2.05) is 13.0 Å². The molecule has 1 N–H and O–H groups in total. The Labute approximate surface area is 113 Å². The van der Waals surface area contributed by atoms with Crippen LogP contribution in [0.2, 0.25) is 0 Å². The molecule has 1 amide bonds. The van der Waals surface area contributed by atoms with Gasteiger partial charge in [-0.2, -0.15) is 0 Å². The van der Waals surface area contributed by atoms with E-state index >= 15 is 0 Å². The summed E-state index contributed by atoms with van der Waals surface area (Å²) < 4.78 is 14.4. The highest BCUT2D eigenvalue weighted by molar-refractivity contribution is 9.10. The van der Waals surface area contributed by atoms with Crippen molar-refractivity contribution in [3.8, 4) is 0 Å². The van der Waals surface area contributed by atoms with Gasteiger partial charge >= 0.3 is 0 Å². The van der Waals surface area contributed by atoms with E-state index in [1.54, 1.807) is 24.3 Å². The zero-order chi connectivity index (χ0) is 13.1. The van der Waals surface area contributed by atoms with Gasteiger partial charge in [0.15, 0.2) is 0 Å². The number of halogens is 2. The molecular weight excluding hydrogens is 297 g/mol. The van der Waals surface area contributed by atoms with Crippen molar-refractivity contribution in [2.75, 3.05) is 5.32 Å². The largest absolute Gasteiger partial charge is 0.322 e. The standard InChI is InChI=1S/C14H11BrFNO/c1-9-5-6-13(16)12(7-9)14(18)17-11-4-2-3-10(15)8-11/h2-8H,1H3,(H,17,18). The molecule has 0 bridgehead atoms. The van der Waals surface area contributed by atoms with Crippen LogP contribution in [0.3, 0.4) is 0 Å². The zero-order valence-corrected chi connectivity index (χ0v) is 11.3. The van der Waals surface area contributed by atoms with Gasteiger partial charge in [-0.15, -0.1) is 0 Å². The average Bonchev–Trinajstić information content (AvgIpc) is 2.32. The van der Waals surface area contributed by atoms with E-state index in [2.05, 4.69) is 21.2 Å². The molecule has 0 aromatic heterocycles. The predicted molar refractivity (Wildman–Crippen MR) is 73.2 cm³/mol. The van der Waals surface area contributed by atoms with Gasteiger partial charge in [0.05, 0.1) is 5.56 Å². The lowest BCUT2D eigenvalue weighted by Crippen LogP contribution is -2.13. The lowest BCUT2D eigenvalue weighted by Gasteiger charge is -2.07. The van der Waals surface area contributed by atoms with Gasteiger partial charge in [-0.1, -0.05) is 33.6 Å². The van der Waals surface area contributed by atoms with E-state index in [4.69, 9.17) is 0 Å². The van der Waals surface area contributed by atoms with Crippen molar-refractivity contribution < 1.29 is 9.18 Å². The molecule has 0 heterocycles. The van der Waals surface area contributed by atoms with Gasteiger partial charge in [0.1, 0.15) is 5.82 Å². The quantitative estimate of drug-likeness (QED) is 0.887. The second-order valence-corrected chi connectivity index (χ2v) is 4.86. The molecule has 2 nitrogen and oxygen atoms in total. The molecule has 0 aliphatic rings. The zero-order valence-electron chi connectivity index (χ0n) is 9.71. The van der Waals surface area contributed by atoms with Crippen molar-refractivity contribution >= 4 is 27.5 Å². The van der Waals surface area contributed by atoms with Crippen molar-refractivity contribution in [2.24, 2.45) is 0 Å². The van der Waals surface area contributed by atoms with Crippen LogP contribution in [0, 0.1) is 12.7 Å². The summed E-state index contributed by atoms with van der Waals surface area (Å²) >= 11 is 3.31. The minimum absolute atomic E-state index is 0.0509. The maximum Gasteiger partial charge on any atom is 0.258 e. The van der Waals surface area contributed by atoms with Gasteiger partial charge in [-0.25, -0.2) is 4.39 Å². The van der Waals surface area contributed by atoms with Crippen LogP contribution in [0.4, 0.5) is 10.1 Å². The normalized spacial score (nSPS) is 10.2. The maximum absolute atomic E-state index is 13.5. The molecule has 4 heteroatoms. The number of anilines is 1. The van der Waals surface area contributed by atoms with E-state index in [9.17, 15) is 9.18 Å². The number of hydrogen-bond acceptors (Lipinski definition) is 1. The highest BCUT2D eigenvalue weighted by atomic mass is 79.9. The highest BCUT2D eigenvalue weighted by Gasteiger charge is 2.11. The van der Waals surface area contributed by atoms with Crippen molar-refractivity contribution in [1.82, 2.24) is 0 Å². The Morgan fingerprint density at radius 1 is 1.22 bits per heavy atom. The lowest BCUT2D eigenvalue weighted by atomic mass is 10.1. The van der Waals surface area contributed by atoms with Crippen LogP contribution in [-0.2, 0) is 0 Å². The lowest BCUT2D eigenvalue weighted by molar-refractivity contribution is 0.102. The third-order valence-electron chi connectivity index (χ3n) is 2.45. The summed E-state index contributed by atoms with van der Waals surface area (Å²) in [5.41, 5.74) is 1.51. The minimum atomic E-state index is -0.520. The first kappa shape index (κ1) is 12.8. The van der Waals surface area contributed by atoms with Crippen LogP contribution >= 0.6 is 15.9 Å². The smallest absolute Gasteiger partial charge is 0.258 e. The van der Waals surface area contributed by atoms with Crippen LogP contribution in [0.15, 0.2) is 46.9 Å². The first-order chi connectivity index (χ1) is 8.56. The third-order valence-corrected chi connectivity index (χ3v) is 2.94. The summed E-state index contributed by atoms with van der Waals surface area (Å²) in [4.78, 5) is 11.9. The van der Waals surface area contributed by atoms with Crippen molar-refractivity contribution in [3.05, 3.63) is 63.9 Å². The van der Waals surface area contributed by atoms with E-state index in [0.29, 0.717) is 5.69 Å². The molecule has 2 aromatic carbocycles. The minimum Gasteiger partial charge on any atom is -0.322 e. The Morgan fingerprint density at radius 3 is 2.72 bits per heavy atom. The number of amides is 1. The van der Waals surface area contributed by atoms with Crippen molar-refractivity contribution in [1.29, 1.82) is 0 Å². The Morgan fingerprint density at radius 2 is 2.00 bits per heavy atom. The number of rotatable bonds is 2. The molecule has 2 aromatic rings. The summed E-state index contributed by atoms with van der Waals surface area (Å²) in [6, 6.07) is 11.6. The van der Waals surface area contributed by atoms with Gasteiger partial charge < -0.3 is 5.32 Å². The number of hydrogen-bond donors (Lipinski definition) is 1. The summed E-state index contributed by atoms with van der Waals surface area (Å²) in [6.45, 7) is 1.81. The Balaban J connectivity index is 2.24. The van der Waals surface area contributed by atoms with E-state index < -0.39 is 11.7 Å². The number of aryl methyl sites for hydroxylation is 1. The van der Waals surface area contributed by atoms with Gasteiger partial charge in [0.2, 0.25) is 0 Å². The highest BCUT2D eigenvalue weighted by Crippen LogP contribution is 2.17. The van der Waals surface area contributed by atoms with E-state index in [-0.39, 0.29) is 5.56 Å². The summed E-state index contributed by atoms with van der Waals surface area (Å²) in [7, 11) is 0. The molecule has 0 saturated carbocycles. The average molecular weight is 308 g/mol. The van der Waals surface area contributed by atoms with E-state index in [1.165, 1.54) is 12.1 Å². The molecule has 0 aliphatic carbocycles. The summed E-state index contributed by atoms with van der Waals surface area (Å²) in [5, 5.41) is 2.66. The molecule has 18 heavy (non-hydrogen) atoms. The second kappa shape index (κ2) is 5.31. The topological polar surface area (TPSA) is 29.1 Å². The monoisotopic (exact) mass is 307 g/mol. The fraction of sp³-hybridized carbons (Fsp3) is 0.0714. The molecular formula is C14H11BrFNO. The molecule has 2 rings (SSSR count). The molecule has 0 spiro atoms. The van der Waals surface area contributed by atoms with Crippen molar-refractivity contribution in [2.45, 2.75) is 6.92 Å². The Kier molecular flexibility index (Phi) is 3.77. The molecule has 0 radical (unpaired) electrons. The SMILES string of the molecule is Cc1ccc(F)c(C(=O)Nc2cccc(Br)c2)c1. The fourth-order valence-corrected chi connectivity index (χ4v) is 1.98. The Bertz CT molecular complexity index is 598. The molecule has 0 aliphatic heterocycles. The molecule has 0 saturated heterocycles. The summed E-state index contributed by atoms with van der Waals surface area (Å²) in [5.74, 6) is -0.970. The first-order valence-corrected chi connectivity index (χ1v) is 6.18. The molecule has 0 atom stereocenters. The second-order valence-electron chi connectivity index (χ2n) is 3.95. The van der Waals surface area contributed by atoms with Gasteiger partial charge in [-0.05, 0) is 37.3 Å². The van der Waals surface area contributed by atoms with Crippen LogP contribution in [0.5, 0.6) is 0 Å². The van der Waals surface area contributed by atoms with Gasteiger partial charge in [-0.3, -0.25) is 4.79 Å². The Hall–Kier alpha value is -1.68. The maximum atomic E-state index is 13.5. The number of nitrogens with one attached hydrogen (secondary N) is 1. The van der Waals surface area contributed by atoms with E-state index in [0.717, 1.165) is 10.0 Å². The molecule has 0 fully saturated rings. The first-order valence-electron chi connectivity index (χ1n) is 5.39. The number of carbonyl (C=O) groups is 1. The van der Waals surface area contributed by atoms with Crippen LogP contribution in [-0.4, -0.2) is 5.91 Å². The molecule has 0 unspecified atom stereocenters. The van der Waals surface area contributed by atoms with Crippen molar-refractivity contribution in [3.63, 3.8) is 0 Å². The fourth-order valence-electron chi connectivity index (χ4n) is 1.58. The number of carbonyl (C=O) groups excluding carboxylic acids is 1. The summed E-state index contributed by atoms with van der Waals surface area (Å²) in [6.07, 6.45) is 0. The van der Waals surface area contributed by atoms with Gasteiger partial charge in [0, 0.05) is 10.2 Å². The number of benzene rings is 2. The van der Waals surface area contributed by atoms with Crippen LogP contribution in [0.1, 0.15) is 15.9 Å². The van der Waals surface area contributed by atoms with Gasteiger partial charge in [0.25, 0.3) is 5.91 Å². The predicted octanol–water partition coefficient (Wildman–Crippen LogP) is 4.15.